The van der Waals surface area contributed by atoms with Crippen molar-refractivity contribution in [3.8, 4) is 0 Å². The average Bonchev–Trinajstić information content (AvgIpc) is 2.17. The standard InChI is InChI=1S/C2N2O2S.C2H2O4.BF4.Na/c5-1-3-7-4-2-6;3-1(4)2(5)6;2-1(3,4)5;/h;(H,3,4)(H,5,6);;/q;;-1;+1. The molecule has 0 saturated heterocycles. The third-order valence-corrected chi connectivity index (χ3v) is 0.652. The quantitative estimate of drug-likeness (QED) is 0.146. The molecule has 0 radical (unpaired) electrons. The molecule has 15 heteroatoms. The summed E-state index contributed by atoms with van der Waals surface area (Å²) in [5.74, 6) is -3.65. The average molecular weight is 316 g/mol. The van der Waals surface area contributed by atoms with E-state index >= 15 is 0 Å². The predicted molar refractivity (Wildman–Crippen MR) is 49.3 cm³/mol. The molecule has 0 aromatic rings. The minimum Gasteiger partial charge on any atom is -0.473 e. The molecule has 0 aliphatic carbocycles. The van der Waals surface area contributed by atoms with Crippen LogP contribution in [0.3, 0.4) is 0 Å². The van der Waals surface area contributed by atoms with E-state index < -0.39 is 19.2 Å². The molecule has 8 nitrogen and oxygen atoms in total. The molecule has 0 heterocycles. The van der Waals surface area contributed by atoms with Crippen LogP contribution in [0.15, 0.2) is 8.80 Å². The molecule has 0 amide bonds. The molecule has 0 fully saturated rings. The predicted octanol–water partition coefficient (Wildman–Crippen LogP) is -2.32. The number of carboxylic acid groups (broad SMARTS) is 2. The zero-order valence-electron chi connectivity index (χ0n) is 8.92. The van der Waals surface area contributed by atoms with Crippen molar-refractivity contribution in [1.82, 2.24) is 0 Å². The summed E-state index contributed by atoms with van der Waals surface area (Å²) in [7, 11) is -6.00. The summed E-state index contributed by atoms with van der Waals surface area (Å²) >= 11 is 0.456. The van der Waals surface area contributed by atoms with Gasteiger partial charge in [0.05, 0.1) is 0 Å². The molecule has 0 saturated carbocycles. The molecular formula is C4H2BF4N2NaO6S. The third kappa shape index (κ3) is 79.3. The summed E-state index contributed by atoms with van der Waals surface area (Å²) in [6.45, 7) is 0. The van der Waals surface area contributed by atoms with Crippen molar-refractivity contribution in [2.75, 3.05) is 0 Å². The Bertz CT molecular complexity index is 335. The second-order valence-electron chi connectivity index (χ2n) is 1.55. The molecule has 102 valence electrons. The first-order valence-corrected chi connectivity index (χ1v) is 3.93. The minimum absolute atomic E-state index is 0. The van der Waals surface area contributed by atoms with Crippen LogP contribution in [-0.4, -0.2) is 41.6 Å². The van der Waals surface area contributed by atoms with Crippen LogP contribution in [0.25, 0.3) is 0 Å². The van der Waals surface area contributed by atoms with E-state index in [0.717, 1.165) is 0 Å². The number of aliphatic carboxylic acids is 2. The fourth-order valence-corrected chi connectivity index (χ4v) is 0.161. The van der Waals surface area contributed by atoms with E-state index in [9.17, 15) is 26.9 Å². The molecular weight excluding hydrogens is 314 g/mol. The molecule has 0 aromatic heterocycles. The molecule has 0 bridgehead atoms. The van der Waals surface area contributed by atoms with Gasteiger partial charge < -0.3 is 27.5 Å². The zero-order valence-corrected chi connectivity index (χ0v) is 11.7. The van der Waals surface area contributed by atoms with Gasteiger partial charge in [-0.15, -0.1) is 8.80 Å². The van der Waals surface area contributed by atoms with Gasteiger partial charge in [-0.05, 0) is 0 Å². The Hall–Kier alpha value is -1.17. The van der Waals surface area contributed by atoms with Crippen molar-refractivity contribution >= 4 is 43.5 Å². The van der Waals surface area contributed by atoms with Gasteiger partial charge in [-0.1, -0.05) is 0 Å². The smallest absolute Gasteiger partial charge is 0.473 e. The van der Waals surface area contributed by atoms with Crippen LogP contribution in [-0.2, 0) is 19.2 Å². The van der Waals surface area contributed by atoms with Crippen molar-refractivity contribution < 1.29 is 76.2 Å². The van der Waals surface area contributed by atoms with Gasteiger partial charge in [-0.3, -0.25) is 0 Å². The molecule has 0 aliphatic rings. The summed E-state index contributed by atoms with van der Waals surface area (Å²) in [5.41, 5.74) is 0. The zero-order chi connectivity index (χ0) is 15.2. The number of hydrogen-bond donors (Lipinski definition) is 2. The monoisotopic (exact) mass is 316 g/mol. The molecule has 0 rings (SSSR count). The van der Waals surface area contributed by atoms with Crippen molar-refractivity contribution in [1.29, 1.82) is 0 Å². The van der Waals surface area contributed by atoms with Crippen molar-refractivity contribution in [3.63, 3.8) is 0 Å². The second kappa shape index (κ2) is 16.8. The number of nitrogens with zero attached hydrogens (tertiary/aromatic N) is 2. The van der Waals surface area contributed by atoms with E-state index in [1.807, 2.05) is 0 Å². The van der Waals surface area contributed by atoms with Gasteiger partial charge in [0.15, 0.2) is 0 Å². The van der Waals surface area contributed by atoms with E-state index in [1.54, 1.807) is 0 Å². The molecule has 2 N–H and O–H groups in total. The van der Waals surface area contributed by atoms with E-state index in [1.165, 1.54) is 12.2 Å². The Morgan fingerprint density at radius 3 is 1.26 bits per heavy atom. The summed E-state index contributed by atoms with van der Waals surface area (Å²) < 4.78 is 44.7. The fraction of sp³-hybridized carbons (Fsp3) is 0. The van der Waals surface area contributed by atoms with Crippen LogP contribution >= 0.6 is 12.1 Å². The van der Waals surface area contributed by atoms with Crippen LogP contribution in [0.1, 0.15) is 0 Å². The number of hydrogen-bond acceptors (Lipinski definition) is 7. The Labute approximate surface area is 128 Å². The Kier molecular flexibility index (Phi) is 23.4. The maximum Gasteiger partial charge on any atom is 1.00 e. The van der Waals surface area contributed by atoms with Crippen LogP contribution < -0.4 is 29.6 Å². The summed E-state index contributed by atoms with van der Waals surface area (Å²) in [4.78, 5) is 36.6. The van der Waals surface area contributed by atoms with Gasteiger partial charge in [0.2, 0.25) is 12.2 Å². The number of halogens is 4. The number of carbonyl (C=O) groups is 2. The molecule has 0 spiro atoms. The second-order valence-corrected chi connectivity index (χ2v) is 2.08. The largest absolute Gasteiger partial charge is 1.00 e. The number of rotatable bonds is 2. The topological polar surface area (TPSA) is 133 Å². The van der Waals surface area contributed by atoms with E-state index in [2.05, 4.69) is 8.80 Å². The van der Waals surface area contributed by atoms with E-state index in [4.69, 9.17) is 19.8 Å². The molecule has 0 unspecified atom stereocenters. The summed E-state index contributed by atoms with van der Waals surface area (Å²) in [5, 5.41) is 14.8. The number of carbonyl (C=O) groups excluding carboxylic acids is 2. The van der Waals surface area contributed by atoms with E-state index in [0.29, 0.717) is 12.1 Å². The first kappa shape index (κ1) is 26.4. The van der Waals surface area contributed by atoms with Crippen LogP contribution in [0.2, 0.25) is 0 Å². The normalized spacial score (nSPS) is 7.58. The van der Waals surface area contributed by atoms with Crippen molar-refractivity contribution in [2.24, 2.45) is 8.80 Å². The van der Waals surface area contributed by atoms with Gasteiger partial charge in [0, 0.05) is 0 Å². The SMILES string of the molecule is F[B-](F)(F)F.O=C(O)C(=O)O.O=C=NSN=C=O.[Na+]. The van der Waals surface area contributed by atoms with Crippen molar-refractivity contribution in [2.45, 2.75) is 0 Å². The number of isocyanates is 2. The maximum atomic E-state index is 9.75. The van der Waals surface area contributed by atoms with Crippen LogP contribution in [0.5, 0.6) is 0 Å². The fourth-order valence-electron chi connectivity index (χ4n) is 0.0537. The van der Waals surface area contributed by atoms with E-state index in [-0.39, 0.29) is 29.6 Å². The Morgan fingerprint density at radius 1 is 0.947 bits per heavy atom. The van der Waals surface area contributed by atoms with Gasteiger partial charge in [-0.25, -0.2) is 19.2 Å². The van der Waals surface area contributed by atoms with Crippen molar-refractivity contribution in [3.05, 3.63) is 0 Å². The number of carboxylic acids is 2. The Balaban J connectivity index is -0.0000000878. The third-order valence-electron chi connectivity index (χ3n) is 0.339. The first-order valence-electron chi connectivity index (χ1n) is 3.20. The van der Waals surface area contributed by atoms with Gasteiger partial charge in [-0.2, -0.15) is 0 Å². The molecule has 0 aliphatic heterocycles. The van der Waals surface area contributed by atoms with Crippen LogP contribution in [0, 0.1) is 0 Å². The van der Waals surface area contributed by atoms with Gasteiger partial charge >= 0.3 is 48.8 Å². The van der Waals surface area contributed by atoms with Crippen LogP contribution in [0.4, 0.5) is 17.3 Å². The van der Waals surface area contributed by atoms with Gasteiger partial charge in [0.25, 0.3) is 0 Å². The molecule has 0 aromatic carbocycles. The van der Waals surface area contributed by atoms with Gasteiger partial charge in [0.1, 0.15) is 12.1 Å². The summed E-state index contributed by atoms with van der Waals surface area (Å²) in [6, 6.07) is 0. The summed E-state index contributed by atoms with van der Waals surface area (Å²) in [6.07, 6.45) is 2.34. The molecule has 19 heavy (non-hydrogen) atoms. The Morgan fingerprint density at radius 2 is 1.16 bits per heavy atom. The maximum absolute atomic E-state index is 9.75. The first-order chi connectivity index (χ1) is 8.06. The molecule has 0 atom stereocenters. The minimum atomic E-state index is -6.00.